The van der Waals surface area contributed by atoms with E-state index >= 15 is 0 Å². The number of hydrogen-bond donors (Lipinski definition) is 0. The molecule has 112 valence electrons. The smallest absolute Gasteiger partial charge is 0.0638 e. The summed E-state index contributed by atoms with van der Waals surface area (Å²) in [5.74, 6) is 0. The fourth-order valence-electron chi connectivity index (χ4n) is 2.66. The van der Waals surface area contributed by atoms with Crippen LogP contribution >= 0.6 is 11.3 Å². The van der Waals surface area contributed by atoms with Gasteiger partial charge < -0.3 is 0 Å². The normalized spacial score (nSPS) is 14.8. The highest BCUT2D eigenvalue weighted by atomic mass is 32.1. The van der Waals surface area contributed by atoms with E-state index < -0.39 is 0 Å². The summed E-state index contributed by atoms with van der Waals surface area (Å²) in [6, 6.07) is 2.98. The second-order valence-corrected chi connectivity index (χ2v) is 6.91. The molecule has 1 fully saturated rings. The van der Waals surface area contributed by atoms with E-state index in [1.165, 1.54) is 28.8 Å². The summed E-state index contributed by atoms with van der Waals surface area (Å²) < 4.78 is 1.99. The highest BCUT2D eigenvalue weighted by Gasteiger charge is 2.30. The summed E-state index contributed by atoms with van der Waals surface area (Å²) in [6.45, 7) is 11.0. The predicted molar refractivity (Wildman–Crippen MR) is 88.5 cm³/mol. The molecule has 0 spiro atoms. The highest BCUT2D eigenvalue weighted by molar-refractivity contribution is 7.10. The number of thiophene rings is 1. The Morgan fingerprint density at radius 2 is 2.24 bits per heavy atom. The molecule has 4 heteroatoms. The maximum absolute atomic E-state index is 4.57. The number of aryl methyl sites for hydroxylation is 2. The van der Waals surface area contributed by atoms with Gasteiger partial charge in [-0.1, -0.05) is 6.08 Å². The molecule has 0 amide bonds. The summed E-state index contributed by atoms with van der Waals surface area (Å²) in [5.41, 5.74) is 3.91. The Balaban J connectivity index is 1.73. The van der Waals surface area contributed by atoms with Gasteiger partial charge in [-0.05, 0) is 43.7 Å². The number of aromatic nitrogens is 2. The summed E-state index contributed by atoms with van der Waals surface area (Å²) >= 11 is 1.88. The molecule has 0 aliphatic heterocycles. The quantitative estimate of drug-likeness (QED) is 0.723. The van der Waals surface area contributed by atoms with Crippen LogP contribution in [0.25, 0.3) is 0 Å². The molecular weight excluding hydrogens is 278 g/mol. The summed E-state index contributed by atoms with van der Waals surface area (Å²) in [5, 5.41) is 6.77. The van der Waals surface area contributed by atoms with Crippen molar-refractivity contribution in [2.45, 2.75) is 52.4 Å². The molecular formula is C17H23N3S. The minimum Gasteiger partial charge on any atom is -0.291 e. The van der Waals surface area contributed by atoms with E-state index in [9.17, 15) is 0 Å². The molecule has 1 saturated carbocycles. The van der Waals surface area contributed by atoms with Gasteiger partial charge in [0.15, 0.2) is 0 Å². The zero-order valence-corrected chi connectivity index (χ0v) is 13.7. The Bertz CT molecular complexity index is 622. The van der Waals surface area contributed by atoms with E-state index in [-0.39, 0.29) is 0 Å². The molecule has 1 aliphatic rings. The van der Waals surface area contributed by atoms with E-state index in [0.29, 0.717) is 0 Å². The molecule has 0 N–H and O–H groups in total. The molecule has 0 saturated heterocycles. The van der Waals surface area contributed by atoms with Crippen LogP contribution in [0.4, 0.5) is 0 Å². The van der Waals surface area contributed by atoms with Crippen molar-refractivity contribution in [1.29, 1.82) is 0 Å². The third-order valence-electron chi connectivity index (χ3n) is 4.12. The lowest BCUT2D eigenvalue weighted by atomic mass is 10.2. The Hall–Kier alpha value is -1.39. The van der Waals surface area contributed by atoms with Gasteiger partial charge in [0.05, 0.1) is 12.2 Å². The van der Waals surface area contributed by atoms with Gasteiger partial charge in [0.2, 0.25) is 0 Å². The van der Waals surface area contributed by atoms with E-state index in [4.69, 9.17) is 0 Å². The van der Waals surface area contributed by atoms with Gasteiger partial charge in [0.1, 0.15) is 0 Å². The number of nitrogens with zero attached hydrogens (tertiary/aromatic N) is 3. The first-order valence-electron chi connectivity index (χ1n) is 7.58. The van der Waals surface area contributed by atoms with Crippen molar-refractivity contribution in [2.75, 3.05) is 0 Å². The molecule has 1 aliphatic carbocycles. The number of allylic oxidation sites excluding steroid dienone is 1. The summed E-state index contributed by atoms with van der Waals surface area (Å²) in [7, 11) is 0. The van der Waals surface area contributed by atoms with Gasteiger partial charge in [0.25, 0.3) is 0 Å². The molecule has 0 radical (unpaired) electrons. The van der Waals surface area contributed by atoms with E-state index in [1.54, 1.807) is 0 Å². The van der Waals surface area contributed by atoms with Gasteiger partial charge in [-0.3, -0.25) is 9.58 Å². The average Bonchev–Trinajstić information content (AvgIpc) is 3.14. The minimum absolute atomic E-state index is 0.758. The minimum atomic E-state index is 0.758. The molecule has 2 heterocycles. The van der Waals surface area contributed by atoms with Crippen LogP contribution < -0.4 is 0 Å². The molecule has 0 atom stereocenters. The fraction of sp³-hybridized carbons (Fsp3) is 0.471. The molecule has 0 unspecified atom stereocenters. The van der Waals surface area contributed by atoms with Crippen LogP contribution in [0.2, 0.25) is 0 Å². The van der Waals surface area contributed by atoms with Gasteiger partial charge in [-0.15, -0.1) is 17.9 Å². The second kappa shape index (κ2) is 6.16. The van der Waals surface area contributed by atoms with Gasteiger partial charge in [0, 0.05) is 35.8 Å². The molecule has 0 bridgehead atoms. The average molecular weight is 301 g/mol. The summed E-state index contributed by atoms with van der Waals surface area (Å²) in [4.78, 5) is 4.11. The van der Waals surface area contributed by atoms with Crippen molar-refractivity contribution in [1.82, 2.24) is 14.7 Å². The third-order valence-corrected chi connectivity index (χ3v) is 5.12. The van der Waals surface area contributed by atoms with Crippen LogP contribution in [-0.2, 0) is 19.6 Å². The Morgan fingerprint density at radius 1 is 1.43 bits per heavy atom. The van der Waals surface area contributed by atoms with E-state index in [0.717, 1.165) is 31.4 Å². The van der Waals surface area contributed by atoms with Crippen molar-refractivity contribution in [3.8, 4) is 0 Å². The third kappa shape index (κ3) is 3.44. The lowest BCUT2D eigenvalue weighted by Gasteiger charge is -2.21. The molecule has 2 aromatic heterocycles. The van der Waals surface area contributed by atoms with Crippen molar-refractivity contribution in [2.24, 2.45) is 0 Å². The van der Waals surface area contributed by atoms with Crippen molar-refractivity contribution in [3.05, 3.63) is 52.0 Å². The first-order chi connectivity index (χ1) is 10.2. The van der Waals surface area contributed by atoms with Crippen LogP contribution in [0, 0.1) is 13.8 Å². The fourth-order valence-corrected chi connectivity index (χ4v) is 3.59. The lowest BCUT2D eigenvalue weighted by Crippen LogP contribution is -2.25. The topological polar surface area (TPSA) is 21.1 Å². The van der Waals surface area contributed by atoms with Crippen LogP contribution in [0.1, 0.15) is 34.5 Å². The second-order valence-electron chi connectivity index (χ2n) is 5.91. The van der Waals surface area contributed by atoms with Crippen LogP contribution in [0.15, 0.2) is 30.3 Å². The first kappa shape index (κ1) is 14.5. The summed E-state index contributed by atoms with van der Waals surface area (Å²) in [6.07, 6.45) is 6.74. The van der Waals surface area contributed by atoms with Crippen molar-refractivity contribution in [3.63, 3.8) is 0 Å². The molecule has 3 rings (SSSR count). The lowest BCUT2D eigenvalue weighted by molar-refractivity contribution is 0.247. The number of rotatable bonds is 7. The molecule has 21 heavy (non-hydrogen) atoms. The van der Waals surface area contributed by atoms with Gasteiger partial charge in [-0.2, -0.15) is 5.10 Å². The van der Waals surface area contributed by atoms with Gasteiger partial charge in [-0.25, -0.2) is 0 Å². The maximum atomic E-state index is 4.57. The Kier molecular flexibility index (Phi) is 4.27. The van der Waals surface area contributed by atoms with Crippen molar-refractivity contribution >= 4 is 11.3 Å². The van der Waals surface area contributed by atoms with Crippen LogP contribution in [0.3, 0.4) is 0 Å². The first-order valence-corrected chi connectivity index (χ1v) is 8.46. The van der Waals surface area contributed by atoms with Crippen LogP contribution in [0.5, 0.6) is 0 Å². The van der Waals surface area contributed by atoms with Crippen molar-refractivity contribution < 1.29 is 0 Å². The Morgan fingerprint density at radius 3 is 2.86 bits per heavy atom. The maximum Gasteiger partial charge on any atom is 0.0638 e. The van der Waals surface area contributed by atoms with Gasteiger partial charge >= 0.3 is 0 Å². The van der Waals surface area contributed by atoms with E-state index in [2.05, 4.69) is 48.1 Å². The highest BCUT2D eigenvalue weighted by Crippen LogP contribution is 2.31. The largest absolute Gasteiger partial charge is 0.291 e. The van der Waals surface area contributed by atoms with E-state index in [1.807, 2.05) is 22.1 Å². The molecule has 3 nitrogen and oxygen atoms in total. The van der Waals surface area contributed by atoms with Crippen LogP contribution in [-0.4, -0.2) is 20.7 Å². The zero-order chi connectivity index (χ0) is 14.8. The molecule has 2 aromatic rings. The monoisotopic (exact) mass is 301 g/mol. The SMILES string of the molecule is C=CCn1cc(CN(Cc2sccc2C)C2CC2)c(C)n1. The Labute approximate surface area is 130 Å². The standard InChI is InChI=1S/C17H23N3S/c1-4-8-20-11-15(14(3)18-20)10-19(16-5-6-16)12-17-13(2)7-9-21-17/h4,7,9,11,16H,1,5-6,8,10,12H2,2-3H3. The zero-order valence-electron chi connectivity index (χ0n) is 12.9. The number of hydrogen-bond acceptors (Lipinski definition) is 3. The molecule has 0 aromatic carbocycles. The predicted octanol–water partition coefficient (Wildman–Crippen LogP) is 3.91.